The van der Waals surface area contributed by atoms with Gasteiger partial charge in [-0.2, -0.15) is 0 Å². The zero-order valence-corrected chi connectivity index (χ0v) is 10.6. The van der Waals surface area contributed by atoms with E-state index in [1.165, 1.54) is 5.56 Å². The molecule has 1 aliphatic rings. The molecule has 0 spiro atoms. The van der Waals surface area contributed by atoms with Gasteiger partial charge in [-0.05, 0) is 37.0 Å². The summed E-state index contributed by atoms with van der Waals surface area (Å²) in [7, 11) is 0. The molecule has 0 radical (unpaired) electrons. The van der Waals surface area contributed by atoms with Crippen LogP contribution in [0.5, 0.6) is 0 Å². The Balaban J connectivity index is 2.45. The Morgan fingerprint density at radius 3 is 2.82 bits per heavy atom. The van der Waals surface area contributed by atoms with Gasteiger partial charge in [-0.15, -0.1) is 0 Å². The summed E-state index contributed by atoms with van der Waals surface area (Å²) in [6.45, 7) is 0. The van der Waals surface area contributed by atoms with Crippen LogP contribution in [0.2, 0.25) is 10.0 Å². The van der Waals surface area contributed by atoms with E-state index in [1.54, 1.807) is 6.07 Å². The Bertz CT molecular complexity index is 610. The average molecular weight is 268 g/mol. The van der Waals surface area contributed by atoms with Gasteiger partial charge in [-0.1, -0.05) is 23.2 Å². The molecule has 5 heteroatoms. The molecule has 0 aliphatic heterocycles. The number of rotatable bonds is 1. The zero-order chi connectivity index (χ0) is 12.0. The van der Waals surface area contributed by atoms with Gasteiger partial charge in [0.1, 0.15) is 0 Å². The molecular weight excluding hydrogens is 257 g/mol. The second-order valence-corrected chi connectivity index (χ2v) is 5.04. The first kappa shape index (κ1) is 11.1. The van der Waals surface area contributed by atoms with Crippen molar-refractivity contribution in [2.75, 3.05) is 5.43 Å². The SMILES string of the molecule is NNc1c2c(nc3c(Cl)cc(Cl)cc13)CCC2. The normalized spacial score (nSPS) is 14.1. The van der Waals surface area contributed by atoms with Gasteiger partial charge in [0.15, 0.2) is 0 Å². The molecule has 0 saturated heterocycles. The fourth-order valence-electron chi connectivity index (χ4n) is 2.45. The molecule has 1 aromatic heterocycles. The van der Waals surface area contributed by atoms with Crippen LogP contribution in [0.3, 0.4) is 0 Å². The van der Waals surface area contributed by atoms with E-state index in [9.17, 15) is 0 Å². The minimum Gasteiger partial charge on any atom is -0.323 e. The summed E-state index contributed by atoms with van der Waals surface area (Å²) in [5.41, 5.74) is 6.73. The molecule has 1 aromatic carbocycles. The van der Waals surface area contributed by atoms with Gasteiger partial charge in [-0.25, -0.2) is 0 Å². The Labute approximate surface area is 109 Å². The van der Waals surface area contributed by atoms with Crippen molar-refractivity contribution in [2.24, 2.45) is 5.84 Å². The largest absolute Gasteiger partial charge is 0.323 e. The predicted octanol–water partition coefficient (Wildman–Crippen LogP) is 3.32. The van der Waals surface area contributed by atoms with E-state index in [2.05, 4.69) is 10.4 Å². The number of nitrogens with zero attached hydrogens (tertiary/aromatic N) is 1. The number of aromatic nitrogens is 1. The highest BCUT2D eigenvalue weighted by molar-refractivity contribution is 6.38. The van der Waals surface area contributed by atoms with E-state index >= 15 is 0 Å². The number of fused-ring (bicyclic) bond motifs is 2. The van der Waals surface area contributed by atoms with Gasteiger partial charge in [-0.3, -0.25) is 10.8 Å². The van der Waals surface area contributed by atoms with E-state index in [1.807, 2.05) is 6.07 Å². The van der Waals surface area contributed by atoms with E-state index in [4.69, 9.17) is 29.0 Å². The number of hydrogen-bond acceptors (Lipinski definition) is 3. The highest BCUT2D eigenvalue weighted by Gasteiger charge is 2.20. The van der Waals surface area contributed by atoms with Crippen molar-refractivity contribution in [3.05, 3.63) is 33.4 Å². The number of nitrogens with one attached hydrogen (secondary N) is 1. The first-order valence-corrected chi connectivity index (χ1v) is 6.23. The maximum Gasteiger partial charge on any atom is 0.0913 e. The Morgan fingerprint density at radius 1 is 1.24 bits per heavy atom. The molecule has 0 atom stereocenters. The summed E-state index contributed by atoms with van der Waals surface area (Å²) in [4.78, 5) is 4.62. The van der Waals surface area contributed by atoms with Crippen molar-refractivity contribution in [3.8, 4) is 0 Å². The molecule has 0 saturated carbocycles. The van der Waals surface area contributed by atoms with Crippen molar-refractivity contribution in [2.45, 2.75) is 19.3 Å². The number of halogens is 2. The van der Waals surface area contributed by atoms with Gasteiger partial charge < -0.3 is 5.43 Å². The average Bonchev–Trinajstić information content (AvgIpc) is 2.74. The molecule has 88 valence electrons. The van der Waals surface area contributed by atoms with Crippen molar-refractivity contribution in [3.63, 3.8) is 0 Å². The van der Waals surface area contributed by atoms with Crippen LogP contribution in [0.1, 0.15) is 17.7 Å². The number of aryl methyl sites for hydroxylation is 1. The Morgan fingerprint density at radius 2 is 2.06 bits per heavy atom. The maximum atomic E-state index is 6.18. The quantitative estimate of drug-likeness (QED) is 0.616. The molecular formula is C12H11Cl2N3. The van der Waals surface area contributed by atoms with Crippen LogP contribution in [0.15, 0.2) is 12.1 Å². The number of hydrogen-bond donors (Lipinski definition) is 2. The first-order valence-electron chi connectivity index (χ1n) is 5.48. The van der Waals surface area contributed by atoms with Crippen LogP contribution in [0.4, 0.5) is 5.69 Å². The fraction of sp³-hybridized carbons (Fsp3) is 0.250. The third-order valence-electron chi connectivity index (χ3n) is 3.18. The minimum atomic E-state index is 0.568. The summed E-state index contributed by atoms with van der Waals surface area (Å²) in [5.74, 6) is 5.63. The van der Waals surface area contributed by atoms with E-state index in [0.29, 0.717) is 10.0 Å². The first-order chi connectivity index (χ1) is 8.20. The molecule has 1 aliphatic carbocycles. The monoisotopic (exact) mass is 267 g/mol. The van der Waals surface area contributed by atoms with Crippen LogP contribution in [-0.2, 0) is 12.8 Å². The highest BCUT2D eigenvalue weighted by atomic mass is 35.5. The lowest BCUT2D eigenvalue weighted by Crippen LogP contribution is -2.10. The molecule has 2 aromatic rings. The topological polar surface area (TPSA) is 50.9 Å². The number of nitrogen functional groups attached to an aromatic ring is 1. The number of anilines is 1. The van der Waals surface area contributed by atoms with Crippen LogP contribution in [-0.4, -0.2) is 4.98 Å². The van der Waals surface area contributed by atoms with E-state index in [0.717, 1.165) is 41.5 Å². The third kappa shape index (κ3) is 1.66. The van der Waals surface area contributed by atoms with E-state index in [-0.39, 0.29) is 0 Å². The van der Waals surface area contributed by atoms with Gasteiger partial charge in [0.2, 0.25) is 0 Å². The summed E-state index contributed by atoms with van der Waals surface area (Å²) in [5, 5.41) is 2.06. The standard InChI is InChI=1S/C12H11Cl2N3/c13-6-4-8-11(17-15)7-2-1-3-10(7)16-12(8)9(14)5-6/h4-5H,1-3,15H2,(H,16,17). The Hall–Kier alpha value is -1.03. The van der Waals surface area contributed by atoms with Crippen LogP contribution in [0, 0.1) is 0 Å². The zero-order valence-electron chi connectivity index (χ0n) is 9.06. The lowest BCUT2D eigenvalue weighted by atomic mass is 10.1. The molecule has 1 heterocycles. The summed E-state index contributed by atoms with van der Waals surface area (Å²) in [6, 6.07) is 3.56. The molecule has 3 rings (SSSR count). The van der Waals surface area contributed by atoms with Crippen molar-refractivity contribution in [1.29, 1.82) is 0 Å². The van der Waals surface area contributed by atoms with Gasteiger partial charge >= 0.3 is 0 Å². The summed E-state index contributed by atoms with van der Waals surface area (Å²) >= 11 is 12.2. The van der Waals surface area contributed by atoms with Crippen LogP contribution < -0.4 is 11.3 Å². The van der Waals surface area contributed by atoms with Gasteiger partial charge in [0.25, 0.3) is 0 Å². The van der Waals surface area contributed by atoms with Crippen LogP contribution >= 0.6 is 23.2 Å². The number of benzene rings is 1. The predicted molar refractivity (Wildman–Crippen MR) is 71.6 cm³/mol. The second-order valence-electron chi connectivity index (χ2n) is 4.19. The van der Waals surface area contributed by atoms with Crippen molar-refractivity contribution < 1.29 is 0 Å². The molecule has 3 nitrogen and oxygen atoms in total. The summed E-state index contributed by atoms with van der Waals surface area (Å²) < 4.78 is 0. The number of hydrazine groups is 1. The number of nitrogens with two attached hydrogens (primary N) is 1. The highest BCUT2D eigenvalue weighted by Crippen LogP contribution is 2.37. The van der Waals surface area contributed by atoms with E-state index < -0.39 is 0 Å². The van der Waals surface area contributed by atoms with Gasteiger partial charge in [0.05, 0.1) is 16.2 Å². The fourth-order valence-corrected chi connectivity index (χ4v) is 2.99. The maximum absolute atomic E-state index is 6.18. The minimum absolute atomic E-state index is 0.568. The van der Waals surface area contributed by atoms with Crippen molar-refractivity contribution >= 4 is 39.8 Å². The lowest BCUT2D eigenvalue weighted by molar-refractivity contribution is 0.901. The smallest absolute Gasteiger partial charge is 0.0913 e. The Kier molecular flexibility index (Phi) is 2.62. The number of pyridine rings is 1. The molecule has 0 bridgehead atoms. The van der Waals surface area contributed by atoms with Gasteiger partial charge in [0, 0.05) is 16.1 Å². The lowest BCUT2D eigenvalue weighted by Gasteiger charge is -2.12. The molecule has 0 fully saturated rings. The molecule has 0 unspecified atom stereocenters. The molecule has 17 heavy (non-hydrogen) atoms. The summed E-state index contributed by atoms with van der Waals surface area (Å²) in [6.07, 6.45) is 3.10. The molecule has 0 amide bonds. The second kappa shape index (κ2) is 4.02. The van der Waals surface area contributed by atoms with Crippen LogP contribution in [0.25, 0.3) is 10.9 Å². The molecule has 3 N–H and O–H groups in total. The van der Waals surface area contributed by atoms with Crippen molar-refractivity contribution in [1.82, 2.24) is 4.98 Å². The third-order valence-corrected chi connectivity index (χ3v) is 3.69.